The van der Waals surface area contributed by atoms with Gasteiger partial charge in [0.15, 0.2) is 9.84 Å². The predicted octanol–water partition coefficient (Wildman–Crippen LogP) is 2.50. The fourth-order valence-corrected chi connectivity index (χ4v) is 3.70. The standard InChI is InChI=1S/C19H21FN2O3S/c1-14-3-8-17(26(2,24)25)13-18(14)19(23)22-11-9-21(10-12-22)16-6-4-15(20)5-7-16/h3-8,13H,9-12H2,1-2H3. The highest BCUT2D eigenvalue weighted by Crippen LogP contribution is 2.20. The molecule has 2 aromatic rings. The van der Waals surface area contributed by atoms with Crippen LogP contribution >= 0.6 is 0 Å². The number of piperazine rings is 1. The van der Waals surface area contributed by atoms with E-state index in [4.69, 9.17) is 0 Å². The van der Waals surface area contributed by atoms with E-state index >= 15 is 0 Å². The van der Waals surface area contributed by atoms with Crippen LogP contribution in [-0.2, 0) is 9.84 Å². The van der Waals surface area contributed by atoms with Crippen LogP contribution < -0.4 is 4.90 Å². The van der Waals surface area contributed by atoms with Crippen molar-refractivity contribution in [2.75, 3.05) is 37.3 Å². The Kier molecular flexibility index (Phi) is 5.00. The van der Waals surface area contributed by atoms with Crippen molar-refractivity contribution in [1.29, 1.82) is 0 Å². The van der Waals surface area contributed by atoms with Gasteiger partial charge in [0, 0.05) is 43.7 Å². The molecule has 1 aliphatic rings. The third-order valence-corrected chi connectivity index (χ3v) is 5.74. The molecular weight excluding hydrogens is 355 g/mol. The van der Waals surface area contributed by atoms with Gasteiger partial charge in [-0.25, -0.2) is 12.8 Å². The summed E-state index contributed by atoms with van der Waals surface area (Å²) in [6.45, 7) is 4.13. The summed E-state index contributed by atoms with van der Waals surface area (Å²) in [5.74, 6) is -0.435. The van der Waals surface area contributed by atoms with Gasteiger partial charge in [-0.15, -0.1) is 0 Å². The number of halogens is 1. The molecule has 26 heavy (non-hydrogen) atoms. The van der Waals surface area contributed by atoms with E-state index in [1.807, 2.05) is 0 Å². The molecule has 2 aromatic carbocycles. The molecule has 0 unspecified atom stereocenters. The summed E-state index contributed by atoms with van der Waals surface area (Å²) >= 11 is 0. The largest absolute Gasteiger partial charge is 0.368 e. The zero-order chi connectivity index (χ0) is 18.9. The highest BCUT2D eigenvalue weighted by atomic mass is 32.2. The van der Waals surface area contributed by atoms with E-state index in [1.54, 1.807) is 30.0 Å². The molecule has 0 N–H and O–H groups in total. The van der Waals surface area contributed by atoms with Crippen molar-refractivity contribution in [2.45, 2.75) is 11.8 Å². The SMILES string of the molecule is Cc1ccc(S(C)(=O)=O)cc1C(=O)N1CCN(c2ccc(F)cc2)CC1. The normalized spacial score (nSPS) is 15.2. The highest BCUT2D eigenvalue weighted by Gasteiger charge is 2.24. The monoisotopic (exact) mass is 376 g/mol. The van der Waals surface area contributed by atoms with Crippen LogP contribution in [0.15, 0.2) is 47.4 Å². The molecular formula is C19H21FN2O3S. The number of carbonyl (C=O) groups is 1. The summed E-state index contributed by atoms with van der Waals surface area (Å²) in [7, 11) is -3.36. The minimum absolute atomic E-state index is 0.149. The Hall–Kier alpha value is -2.41. The number of anilines is 1. The second-order valence-corrected chi connectivity index (χ2v) is 8.52. The first-order chi connectivity index (χ1) is 12.3. The number of rotatable bonds is 3. The number of hydrogen-bond acceptors (Lipinski definition) is 4. The molecule has 5 nitrogen and oxygen atoms in total. The van der Waals surface area contributed by atoms with Crippen LogP contribution in [0.5, 0.6) is 0 Å². The van der Waals surface area contributed by atoms with Crippen molar-refractivity contribution in [3.05, 3.63) is 59.4 Å². The third-order valence-electron chi connectivity index (χ3n) is 4.63. The third kappa shape index (κ3) is 3.88. The van der Waals surface area contributed by atoms with E-state index in [-0.39, 0.29) is 16.6 Å². The fraction of sp³-hybridized carbons (Fsp3) is 0.316. The van der Waals surface area contributed by atoms with E-state index in [1.165, 1.54) is 24.3 Å². The number of amides is 1. The number of aryl methyl sites for hydroxylation is 1. The maximum atomic E-state index is 13.0. The molecule has 1 fully saturated rings. The lowest BCUT2D eigenvalue weighted by Crippen LogP contribution is -2.49. The van der Waals surface area contributed by atoms with E-state index in [9.17, 15) is 17.6 Å². The second-order valence-electron chi connectivity index (χ2n) is 6.50. The molecule has 1 aliphatic heterocycles. The van der Waals surface area contributed by atoms with E-state index in [0.29, 0.717) is 31.7 Å². The van der Waals surface area contributed by atoms with Gasteiger partial charge in [0.1, 0.15) is 5.82 Å². The summed E-state index contributed by atoms with van der Waals surface area (Å²) in [6.07, 6.45) is 1.13. The fourth-order valence-electron chi connectivity index (χ4n) is 3.05. The minimum atomic E-state index is -3.36. The van der Waals surface area contributed by atoms with Crippen LogP contribution in [0.1, 0.15) is 15.9 Å². The van der Waals surface area contributed by atoms with Gasteiger partial charge >= 0.3 is 0 Å². The number of carbonyl (C=O) groups excluding carboxylic acids is 1. The number of sulfone groups is 1. The quantitative estimate of drug-likeness (QED) is 0.826. The Labute approximate surface area is 153 Å². The molecule has 1 saturated heterocycles. The molecule has 0 bridgehead atoms. The summed E-state index contributed by atoms with van der Waals surface area (Å²) < 4.78 is 36.6. The van der Waals surface area contributed by atoms with Crippen LogP contribution in [0.3, 0.4) is 0 Å². The molecule has 138 valence electrons. The van der Waals surface area contributed by atoms with Gasteiger partial charge < -0.3 is 9.80 Å². The van der Waals surface area contributed by atoms with Crippen molar-refractivity contribution in [1.82, 2.24) is 4.90 Å². The van der Waals surface area contributed by atoms with Gasteiger partial charge in [0.05, 0.1) is 4.90 Å². The maximum absolute atomic E-state index is 13.0. The van der Waals surface area contributed by atoms with Crippen LogP contribution in [0.4, 0.5) is 10.1 Å². The Balaban J connectivity index is 1.73. The first kappa shape index (κ1) is 18.4. The summed E-state index contributed by atoms with van der Waals surface area (Å²) in [5.41, 5.74) is 2.10. The smallest absolute Gasteiger partial charge is 0.254 e. The molecule has 0 aliphatic carbocycles. The second kappa shape index (κ2) is 7.07. The molecule has 0 aromatic heterocycles. The predicted molar refractivity (Wildman–Crippen MR) is 98.8 cm³/mol. The molecule has 0 saturated carbocycles. The van der Waals surface area contributed by atoms with Crippen LogP contribution in [0.2, 0.25) is 0 Å². The van der Waals surface area contributed by atoms with Crippen LogP contribution in [0.25, 0.3) is 0 Å². The van der Waals surface area contributed by atoms with Gasteiger partial charge in [-0.05, 0) is 48.9 Å². The van der Waals surface area contributed by atoms with E-state index in [0.717, 1.165) is 17.5 Å². The van der Waals surface area contributed by atoms with Gasteiger partial charge in [-0.1, -0.05) is 6.07 Å². The van der Waals surface area contributed by atoms with Gasteiger partial charge in [-0.3, -0.25) is 4.79 Å². The zero-order valence-corrected chi connectivity index (χ0v) is 15.6. The van der Waals surface area contributed by atoms with Gasteiger partial charge in [0.25, 0.3) is 5.91 Å². The van der Waals surface area contributed by atoms with E-state index < -0.39 is 9.84 Å². The summed E-state index contributed by atoms with van der Waals surface area (Å²) in [5, 5.41) is 0. The van der Waals surface area contributed by atoms with Crippen molar-refractivity contribution < 1.29 is 17.6 Å². The van der Waals surface area contributed by atoms with Crippen LogP contribution in [0, 0.1) is 12.7 Å². The van der Waals surface area contributed by atoms with Crippen molar-refractivity contribution in [3.63, 3.8) is 0 Å². The summed E-state index contributed by atoms with van der Waals surface area (Å²) in [6, 6.07) is 10.9. The summed E-state index contributed by atoms with van der Waals surface area (Å²) in [4.78, 5) is 16.8. The average molecular weight is 376 g/mol. The van der Waals surface area contributed by atoms with Crippen molar-refractivity contribution in [3.8, 4) is 0 Å². The lowest BCUT2D eigenvalue weighted by atomic mass is 10.1. The van der Waals surface area contributed by atoms with Gasteiger partial charge in [0.2, 0.25) is 0 Å². The molecule has 1 amide bonds. The molecule has 7 heteroatoms. The van der Waals surface area contributed by atoms with Gasteiger partial charge in [-0.2, -0.15) is 0 Å². The van der Waals surface area contributed by atoms with Crippen molar-refractivity contribution in [2.24, 2.45) is 0 Å². The van der Waals surface area contributed by atoms with Crippen LogP contribution in [-0.4, -0.2) is 51.7 Å². The maximum Gasteiger partial charge on any atom is 0.254 e. The lowest BCUT2D eigenvalue weighted by molar-refractivity contribution is 0.0746. The topological polar surface area (TPSA) is 57.7 Å². The Bertz CT molecular complexity index is 918. The zero-order valence-electron chi connectivity index (χ0n) is 14.8. The number of nitrogens with zero attached hydrogens (tertiary/aromatic N) is 2. The highest BCUT2D eigenvalue weighted by molar-refractivity contribution is 7.90. The Morgan fingerprint density at radius 2 is 1.62 bits per heavy atom. The lowest BCUT2D eigenvalue weighted by Gasteiger charge is -2.36. The number of hydrogen-bond donors (Lipinski definition) is 0. The van der Waals surface area contributed by atoms with E-state index in [2.05, 4.69) is 4.90 Å². The van der Waals surface area contributed by atoms with Crippen molar-refractivity contribution >= 4 is 21.4 Å². The Morgan fingerprint density at radius 1 is 1.00 bits per heavy atom. The average Bonchev–Trinajstić information content (AvgIpc) is 2.61. The first-order valence-corrected chi connectivity index (χ1v) is 10.3. The molecule has 0 atom stereocenters. The number of benzene rings is 2. The molecule has 3 rings (SSSR count). The Morgan fingerprint density at radius 3 is 2.19 bits per heavy atom. The molecule has 1 heterocycles. The first-order valence-electron chi connectivity index (χ1n) is 8.36. The minimum Gasteiger partial charge on any atom is -0.368 e. The molecule has 0 spiro atoms. The molecule has 0 radical (unpaired) electrons.